The second-order valence-electron chi connectivity index (χ2n) is 5.99. The minimum absolute atomic E-state index is 0.224. The predicted molar refractivity (Wildman–Crippen MR) is 68.2 cm³/mol. The molecule has 5 nitrogen and oxygen atoms in total. The molecule has 0 bridgehead atoms. The van der Waals surface area contributed by atoms with Crippen molar-refractivity contribution in [1.82, 2.24) is 0 Å². The minimum atomic E-state index is -1.31. The summed E-state index contributed by atoms with van der Waals surface area (Å²) >= 11 is 0. The molecule has 5 heteroatoms. The summed E-state index contributed by atoms with van der Waals surface area (Å²) in [5.41, 5.74) is 8.62. The van der Waals surface area contributed by atoms with E-state index in [1.165, 1.54) is 0 Å². The lowest BCUT2D eigenvalue weighted by atomic mass is 9.58. The molecule has 5 N–H and O–H groups in total. The van der Waals surface area contributed by atoms with Crippen molar-refractivity contribution in [3.63, 3.8) is 0 Å². The lowest BCUT2D eigenvalue weighted by Gasteiger charge is -2.45. The Bertz CT molecular complexity index is 333. The van der Waals surface area contributed by atoms with Crippen molar-refractivity contribution in [2.75, 3.05) is 0 Å². The summed E-state index contributed by atoms with van der Waals surface area (Å²) in [6, 6.07) is 0. The van der Waals surface area contributed by atoms with Crippen molar-refractivity contribution < 1.29 is 14.7 Å². The van der Waals surface area contributed by atoms with Crippen molar-refractivity contribution in [3.05, 3.63) is 0 Å². The Labute approximate surface area is 108 Å². The first-order valence-electron chi connectivity index (χ1n) is 6.46. The zero-order chi connectivity index (χ0) is 14.1. The highest BCUT2D eigenvalue weighted by Crippen LogP contribution is 2.47. The fourth-order valence-electron chi connectivity index (χ4n) is 3.10. The van der Waals surface area contributed by atoms with E-state index in [1.807, 2.05) is 6.92 Å². The maximum Gasteiger partial charge on any atom is 0.233 e. The SMILES string of the molecule is C[C@H](C1CCCCC1(C(N)=O)C(N)=O)C(C)(C)O. The highest BCUT2D eigenvalue weighted by molar-refractivity contribution is 6.04. The van der Waals surface area contributed by atoms with E-state index in [-0.39, 0.29) is 11.8 Å². The van der Waals surface area contributed by atoms with E-state index in [0.717, 1.165) is 12.8 Å². The molecule has 2 amide bonds. The summed E-state index contributed by atoms with van der Waals surface area (Å²) in [6.07, 6.45) is 2.77. The van der Waals surface area contributed by atoms with Gasteiger partial charge in [-0.2, -0.15) is 0 Å². The van der Waals surface area contributed by atoms with E-state index in [0.29, 0.717) is 12.8 Å². The second kappa shape index (κ2) is 4.88. The molecular weight excluding hydrogens is 232 g/mol. The summed E-state index contributed by atoms with van der Waals surface area (Å²) in [7, 11) is 0. The number of aliphatic hydroxyl groups is 1. The van der Waals surface area contributed by atoms with Crippen molar-refractivity contribution in [3.8, 4) is 0 Å². The van der Waals surface area contributed by atoms with Crippen molar-refractivity contribution in [2.45, 2.75) is 52.1 Å². The summed E-state index contributed by atoms with van der Waals surface area (Å²) in [5.74, 6) is -1.83. The Kier molecular flexibility index (Phi) is 4.05. The molecule has 1 saturated carbocycles. The van der Waals surface area contributed by atoms with Gasteiger partial charge >= 0.3 is 0 Å². The second-order valence-corrected chi connectivity index (χ2v) is 5.99. The van der Waals surface area contributed by atoms with Gasteiger partial charge in [0.1, 0.15) is 5.41 Å². The molecule has 0 heterocycles. The average Bonchev–Trinajstić information content (AvgIpc) is 2.25. The first kappa shape index (κ1) is 15.0. The van der Waals surface area contributed by atoms with Gasteiger partial charge in [-0.1, -0.05) is 19.8 Å². The Balaban J connectivity index is 3.20. The zero-order valence-electron chi connectivity index (χ0n) is 11.4. The maximum absolute atomic E-state index is 11.8. The predicted octanol–water partition coefficient (Wildman–Crippen LogP) is 0.541. The summed E-state index contributed by atoms with van der Waals surface area (Å²) in [5, 5.41) is 10.1. The molecule has 1 unspecified atom stereocenters. The third-order valence-electron chi connectivity index (χ3n) is 4.57. The van der Waals surface area contributed by atoms with Crippen LogP contribution in [0.1, 0.15) is 46.5 Å². The molecule has 1 aliphatic rings. The first-order valence-corrected chi connectivity index (χ1v) is 6.46. The van der Waals surface area contributed by atoms with Crippen molar-refractivity contribution in [2.24, 2.45) is 28.7 Å². The van der Waals surface area contributed by atoms with Crippen LogP contribution in [0.15, 0.2) is 0 Å². The van der Waals surface area contributed by atoms with Crippen molar-refractivity contribution in [1.29, 1.82) is 0 Å². The van der Waals surface area contributed by atoms with Gasteiger partial charge in [-0.15, -0.1) is 0 Å². The van der Waals surface area contributed by atoms with Gasteiger partial charge in [-0.3, -0.25) is 9.59 Å². The maximum atomic E-state index is 11.8. The van der Waals surface area contributed by atoms with Crippen LogP contribution in [0.5, 0.6) is 0 Å². The first-order chi connectivity index (χ1) is 8.14. The van der Waals surface area contributed by atoms with Gasteiger partial charge in [0.2, 0.25) is 11.8 Å². The van der Waals surface area contributed by atoms with Crippen LogP contribution in [0, 0.1) is 17.3 Å². The minimum Gasteiger partial charge on any atom is -0.390 e. The Hall–Kier alpha value is -1.10. The van der Waals surface area contributed by atoms with Crippen LogP contribution in [0.4, 0.5) is 0 Å². The molecule has 0 aromatic carbocycles. The topological polar surface area (TPSA) is 106 Å². The molecule has 0 spiro atoms. The molecule has 1 fully saturated rings. The van der Waals surface area contributed by atoms with Gasteiger partial charge in [0.25, 0.3) is 0 Å². The number of carbonyl (C=O) groups is 2. The number of rotatable bonds is 4. The van der Waals surface area contributed by atoms with Gasteiger partial charge in [-0.05, 0) is 38.5 Å². The lowest BCUT2D eigenvalue weighted by Crippen LogP contribution is -2.57. The van der Waals surface area contributed by atoms with Gasteiger partial charge in [-0.25, -0.2) is 0 Å². The fraction of sp³-hybridized carbons (Fsp3) is 0.846. The van der Waals surface area contributed by atoms with Crippen LogP contribution in [0.3, 0.4) is 0 Å². The number of primary amides is 2. The molecule has 0 aliphatic heterocycles. The number of hydrogen-bond donors (Lipinski definition) is 3. The van der Waals surface area contributed by atoms with Gasteiger partial charge in [0.15, 0.2) is 0 Å². The van der Waals surface area contributed by atoms with Crippen LogP contribution in [-0.2, 0) is 9.59 Å². The van der Waals surface area contributed by atoms with E-state index < -0.39 is 22.8 Å². The molecule has 18 heavy (non-hydrogen) atoms. The zero-order valence-corrected chi connectivity index (χ0v) is 11.4. The van der Waals surface area contributed by atoms with E-state index in [1.54, 1.807) is 13.8 Å². The highest BCUT2D eigenvalue weighted by atomic mass is 16.3. The van der Waals surface area contributed by atoms with E-state index in [9.17, 15) is 14.7 Å². The standard InChI is InChI=1S/C13H24N2O3/c1-8(12(2,3)18)9-6-4-5-7-13(9,10(14)16)11(15)17/h8-9,18H,4-7H2,1-3H3,(H2,14,16)(H2,15,17)/t8-,9?/m1/s1. The number of hydrogen-bond acceptors (Lipinski definition) is 3. The molecule has 1 rings (SSSR count). The number of amides is 2. The smallest absolute Gasteiger partial charge is 0.233 e. The molecule has 0 aromatic heterocycles. The lowest BCUT2D eigenvalue weighted by molar-refractivity contribution is -0.152. The average molecular weight is 256 g/mol. The van der Waals surface area contributed by atoms with Crippen LogP contribution in [0.2, 0.25) is 0 Å². The third kappa shape index (κ3) is 2.36. The number of carbonyl (C=O) groups excluding carboxylic acids is 2. The molecule has 0 saturated heterocycles. The fourth-order valence-corrected chi connectivity index (χ4v) is 3.10. The molecular formula is C13H24N2O3. The van der Waals surface area contributed by atoms with Crippen LogP contribution in [0.25, 0.3) is 0 Å². The summed E-state index contributed by atoms with van der Waals surface area (Å²) < 4.78 is 0. The largest absolute Gasteiger partial charge is 0.390 e. The molecule has 0 radical (unpaired) electrons. The van der Waals surface area contributed by atoms with E-state index in [2.05, 4.69) is 0 Å². The Morgan fingerprint density at radius 1 is 1.28 bits per heavy atom. The molecule has 1 aliphatic carbocycles. The van der Waals surface area contributed by atoms with Crippen LogP contribution < -0.4 is 11.5 Å². The molecule has 2 atom stereocenters. The van der Waals surface area contributed by atoms with Crippen molar-refractivity contribution >= 4 is 11.8 Å². The van der Waals surface area contributed by atoms with E-state index >= 15 is 0 Å². The normalized spacial score (nSPS) is 25.4. The van der Waals surface area contributed by atoms with Crippen LogP contribution in [-0.4, -0.2) is 22.5 Å². The quantitative estimate of drug-likeness (QED) is 0.639. The van der Waals surface area contributed by atoms with Crippen LogP contribution >= 0.6 is 0 Å². The summed E-state index contributed by atoms with van der Waals surface area (Å²) in [6.45, 7) is 5.20. The molecule has 0 aromatic rings. The summed E-state index contributed by atoms with van der Waals surface area (Å²) in [4.78, 5) is 23.6. The monoisotopic (exact) mass is 256 g/mol. The highest BCUT2D eigenvalue weighted by Gasteiger charge is 2.54. The molecule has 104 valence electrons. The third-order valence-corrected chi connectivity index (χ3v) is 4.57. The Morgan fingerprint density at radius 2 is 1.78 bits per heavy atom. The number of nitrogens with two attached hydrogens (primary N) is 2. The van der Waals surface area contributed by atoms with Gasteiger partial charge in [0, 0.05) is 0 Å². The van der Waals surface area contributed by atoms with Gasteiger partial charge in [0.05, 0.1) is 5.60 Å². The Morgan fingerprint density at radius 3 is 2.17 bits per heavy atom. The van der Waals surface area contributed by atoms with E-state index in [4.69, 9.17) is 11.5 Å². The van der Waals surface area contributed by atoms with Gasteiger partial charge < -0.3 is 16.6 Å².